The zero-order valence-electron chi connectivity index (χ0n) is 13.7. The van der Waals surface area contributed by atoms with E-state index < -0.39 is 10.0 Å². The molecule has 0 amide bonds. The predicted octanol–water partition coefficient (Wildman–Crippen LogP) is 2.85. The lowest BCUT2D eigenvalue weighted by atomic mass is 10.0. The van der Waals surface area contributed by atoms with Crippen LogP contribution in [0.4, 0.5) is 5.69 Å². The summed E-state index contributed by atoms with van der Waals surface area (Å²) in [6.45, 7) is 12.8. The normalized spacial score (nSPS) is 20.5. The Hall–Kier alpha value is -1.07. The summed E-state index contributed by atoms with van der Waals surface area (Å²) >= 11 is 0. The van der Waals surface area contributed by atoms with Gasteiger partial charge >= 0.3 is 0 Å². The molecule has 0 unspecified atom stereocenters. The highest BCUT2D eigenvalue weighted by Crippen LogP contribution is 2.68. The molecule has 4 nitrogen and oxygen atoms in total. The van der Waals surface area contributed by atoms with Gasteiger partial charge in [-0.1, -0.05) is 33.8 Å². The van der Waals surface area contributed by atoms with Crippen molar-refractivity contribution in [3.8, 4) is 0 Å². The minimum Gasteiger partial charge on any atom is -0.398 e. The minimum atomic E-state index is -3.53. The van der Waals surface area contributed by atoms with Crippen LogP contribution in [0.3, 0.4) is 0 Å². The second-order valence-electron chi connectivity index (χ2n) is 7.27. The number of aryl methyl sites for hydroxylation is 1. The number of benzene rings is 1. The zero-order chi connectivity index (χ0) is 16.2. The molecule has 118 valence electrons. The smallest absolute Gasteiger partial charge is 0.241 e. The molecule has 3 N–H and O–H groups in total. The van der Waals surface area contributed by atoms with Crippen LogP contribution in [0.2, 0.25) is 0 Å². The summed E-state index contributed by atoms with van der Waals surface area (Å²) in [7, 11) is -3.53. The number of hydrogen-bond donors (Lipinski definition) is 2. The van der Waals surface area contributed by atoms with Gasteiger partial charge in [0, 0.05) is 12.2 Å². The lowest BCUT2D eigenvalue weighted by Crippen LogP contribution is -2.28. The Morgan fingerprint density at radius 1 is 1.14 bits per heavy atom. The molecule has 0 saturated heterocycles. The van der Waals surface area contributed by atoms with E-state index in [2.05, 4.69) is 32.4 Å². The fourth-order valence-corrected chi connectivity index (χ4v) is 4.91. The number of rotatable bonds is 4. The van der Waals surface area contributed by atoms with E-state index in [0.29, 0.717) is 28.6 Å². The van der Waals surface area contributed by atoms with Gasteiger partial charge in [0.15, 0.2) is 0 Å². The van der Waals surface area contributed by atoms with Crippen molar-refractivity contribution in [3.63, 3.8) is 0 Å². The quantitative estimate of drug-likeness (QED) is 0.840. The largest absolute Gasteiger partial charge is 0.398 e. The van der Waals surface area contributed by atoms with Crippen molar-refractivity contribution in [2.45, 2.75) is 46.4 Å². The van der Waals surface area contributed by atoms with Gasteiger partial charge in [-0.05, 0) is 47.8 Å². The molecular weight excluding hydrogens is 284 g/mol. The molecule has 0 atom stereocenters. The second-order valence-corrected chi connectivity index (χ2v) is 8.98. The molecule has 0 aliphatic heterocycles. The van der Waals surface area contributed by atoms with Crippen LogP contribution in [-0.2, 0) is 10.0 Å². The zero-order valence-corrected chi connectivity index (χ0v) is 14.6. The molecule has 0 bridgehead atoms. The van der Waals surface area contributed by atoms with Crippen molar-refractivity contribution in [2.24, 2.45) is 16.7 Å². The highest BCUT2D eigenvalue weighted by atomic mass is 32.2. The third kappa shape index (κ3) is 2.46. The van der Waals surface area contributed by atoms with E-state index in [1.807, 2.05) is 0 Å². The summed E-state index contributed by atoms with van der Waals surface area (Å²) in [6, 6.07) is 3.50. The van der Waals surface area contributed by atoms with Crippen LogP contribution < -0.4 is 10.5 Å². The number of sulfonamides is 1. The van der Waals surface area contributed by atoms with Gasteiger partial charge in [-0.2, -0.15) is 0 Å². The van der Waals surface area contributed by atoms with Crippen LogP contribution in [0.5, 0.6) is 0 Å². The average Bonchev–Trinajstić information content (AvgIpc) is 2.72. The standard InChI is InChI=1S/C16H26N2O2S/c1-10-7-8-12(17)11(2)14(10)21(19,20)18-9-13-15(3,4)16(13,5)6/h7-8,13,18H,9,17H2,1-6H3. The van der Waals surface area contributed by atoms with E-state index in [-0.39, 0.29) is 10.8 Å². The van der Waals surface area contributed by atoms with Gasteiger partial charge in [-0.3, -0.25) is 0 Å². The van der Waals surface area contributed by atoms with E-state index >= 15 is 0 Å². The van der Waals surface area contributed by atoms with Crippen LogP contribution in [0.25, 0.3) is 0 Å². The molecule has 1 saturated carbocycles. The number of hydrogen-bond acceptors (Lipinski definition) is 3. The van der Waals surface area contributed by atoms with Crippen molar-refractivity contribution >= 4 is 15.7 Å². The first-order valence-corrected chi connectivity index (χ1v) is 8.76. The first kappa shape index (κ1) is 16.3. The monoisotopic (exact) mass is 310 g/mol. The van der Waals surface area contributed by atoms with E-state index in [1.165, 1.54) is 0 Å². The summed E-state index contributed by atoms with van der Waals surface area (Å²) in [6.07, 6.45) is 0. The Labute approximate surface area is 128 Å². The van der Waals surface area contributed by atoms with Gasteiger partial charge in [-0.15, -0.1) is 0 Å². The molecule has 0 spiro atoms. The van der Waals surface area contributed by atoms with Gasteiger partial charge in [0.05, 0.1) is 4.90 Å². The molecule has 21 heavy (non-hydrogen) atoms. The Morgan fingerprint density at radius 3 is 2.14 bits per heavy atom. The first-order chi connectivity index (χ1) is 9.43. The Bertz CT molecular complexity index is 662. The highest BCUT2D eigenvalue weighted by molar-refractivity contribution is 7.89. The molecular formula is C16H26N2O2S. The molecule has 1 aliphatic carbocycles. The summed E-state index contributed by atoms with van der Waals surface area (Å²) in [5.41, 5.74) is 8.03. The number of anilines is 1. The lowest BCUT2D eigenvalue weighted by molar-refractivity contribution is 0.457. The van der Waals surface area contributed by atoms with Crippen LogP contribution >= 0.6 is 0 Å². The van der Waals surface area contributed by atoms with E-state index in [9.17, 15) is 8.42 Å². The SMILES string of the molecule is Cc1ccc(N)c(C)c1S(=O)(=O)NCC1C(C)(C)C1(C)C. The third-order valence-corrected chi connectivity index (χ3v) is 7.42. The van der Waals surface area contributed by atoms with Gasteiger partial charge in [-0.25, -0.2) is 13.1 Å². The Kier molecular flexibility index (Phi) is 3.66. The summed E-state index contributed by atoms with van der Waals surface area (Å²) in [5, 5.41) is 0. The van der Waals surface area contributed by atoms with Crippen molar-refractivity contribution in [1.29, 1.82) is 0 Å². The van der Waals surface area contributed by atoms with Crippen LogP contribution in [0.15, 0.2) is 17.0 Å². The van der Waals surface area contributed by atoms with Crippen molar-refractivity contribution in [3.05, 3.63) is 23.3 Å². The summed E-state index contributed by atoms with van der Waals surface area (Å²) in [4.78, 5) is 0.318. The molecule has 2 rings (SSSR count). The van der Waals surface area contributed by atoms with E-state index in [4.69, 9.17) is 5.73 Å². The van der Waals surface area contributed by atoms with Crippen LogP contribution in [-0.4, -0.2) is 15.0 Å². The van der Waals surface area contributed by atoms with Gasteiger partial charge in [0.1, 0.15) is 0 Å². The lowest BCUT2D eigenvalue weighted by Gasteiger charge is -2.14. The average molecular weight is 310 g/mol. The fraction of sp³-hybridized carbons (Fsp3) is 0.625. The van der Waals surface area contributed by atoms with Crippen molar-refractivity contribution in [1.82, 2.24) is 4.72 Å². The van der Waals surface area contributed by atoms with Crippen molar-refractivity contribution in [2.75, 3.05) is 12.3 Å². The number of nitrogens with two attached hydrogens (primary N) is 1. The van der Waals surface area contributed by atoms with Gasteiger partial charge < -0.3 is 5.73 Å². The fourth-order valence-electron chi connectivity index (χ4n) is 3.36. The molecule has 0 aromatic heterocycles. The third-order valence-electron chi connectivity index (χ3n) is 5.71. The summed E-state index contributed by atoms with van der Waals surface area (Å²) in [5.74, 6) is 0.349. The predicted molar refractivity (Wildman–Crippen MR) is 86.6 cm³/mol. The molecule has 0 radical (unpaired) electrons. The molecule has 1 aliphatic rings. The topological polar surface area (TPSA) is 72.2 Å². The maximum absolute atomic E-state index is 12.6. The summed E-state index contributed by atoms with van der Waals surface area (Å²) < 4.78 is 28.0. The maximum Gasteiger partial charge on any atom is 0.241 e. The molecule has 0 heterocycles. The minimum absolute atomic E-state index is 0.162. The van der Waals surface area contributed by atoms with Gasteiger partial charge in [0.25, 0.3) is 0 Å². The van der Waals surface area contributed by atoms with Crippen molar-refractivity contribution < 1.29 is 8.42 Å². The van der Waals surface area contributed by atoms with Gasteiger partial charge in [0.2, 0.25) is 10.0 Å². The molecule has 1 aromatic carbocycles. The first-order valence-electron chi connectivity index (χ1n) is 7.28. The number of nitrogens with one attached hydrogen (secondary N) is 1. The second kappa shape index (κ2) is 4.71. The molecule has 1 fully saturated rings. The number of nitrogen functional groups attached to an aromatic ring is 1. The highest BCUT2D eigenvalue weighted by Gasteiger charge is 2.64. The van der Waals surface area contributed by atoms with Crippen LogP contribution in [0, 0.1) is 30.6 Å². The Morgan fingerprint density at radius 2 is 1.67 bits per heavy atom. The maximum atomic E-state index is 12.6. The van der Waals surface area contributed by atoms with E-state index in [1.54, 1.807) is 26.0 Å². The van der Waals surface area contributed by atoms with Crippen LogP contribution in [0.1, 0.15) is 38.8 Å². The molecule has 1 aromatic rings. The molecule has 5 heteroatoms. The van der Waals surface area contributed by atoms with E-state index in [0.717, 1.165) is 5.56 Å². The Balaban J connectivity index is 2.24.